The SMILES string of the molecule is CCCc1cccc(C(CC(F)(F)F)NC)c1. The quantitative estimate of drug-likeness (QED) is 0.830. The zero-order chi connectivity index (χ0) is 12.9. The number of hydrogen-bond acceptors (Lipinski definition) is 1. The highest BCUT2D eigenvalue weighted by molar-refractivity contribution is 5.26. The van der Waals surface area contributed by atoms with E-state index >= 15 is 0 Å². The summed E-state index contributed by atoms with van der Waals surface area (Å²) in [6.45, 7) is 2.05. The van der Waals surface area contributed by atoms with Gasteiger partial charge in [0, 0.05) is 6.04 Å². The second-order valence-corrected chi connectivity index (χ2v) is 4.16. The van der Waals surface area contributed by atoms with Crippen molar-refractivity contribution >= 4 is 0 Å². The normalized spacial score (nSPS) is 13.7. The molecule has 0 aromatic heterocycles. The van der Waals surface area contributed by atoms with E-state index in [2.05, 4.69) is 12.2 Å². The fourth-order valence-corrected chi connectivity index (χ4v) is 1.87. The van der Waals surface area contributed by atoms with Crippen molar-refractivity contribution in [3.8, 4) is 0 Å². The first-order valence-corrected chi connectivity index (χ1v) is 5.79. The number of hydrogen-bond donors (Lipinski definition) is 1. The lowest BCUT2D eigenvalue weighted by Crippen LogP contribution is -2.23. The molecule has 0 aliphatic heterocycles. The van der Waals surface area contributed by atoms with Crippen LogP contribution in [0, 0.1) is 0 Å². The maximum Gasteiger partial charge on any atom is 0.390 e. The second-order valence-electron chi connectivity index (χ2n) is 4.16. The Morgan fingerprint density at radius 2 is 2.00 bits per heavy atom. The number of nitrogens with one attached hydrogen (secondary N) is 1. The molecule has 0 saturated carbocycles. The Hall–Kier alpha value is -1.03. The summed E-state index contributed by atoms with van der Waals surface area (Å²) < 4.78 is 37.2. The van der Waals surface area contributed by atoms with Crippen molar-refractivity contribution in [2.24, 2.45) is 0 Å². The van der Waals surface area contributed by atoms with E-state index in [1.807, 2.05) is 18.2 Å². The Kier molecular flexibility index (Phi) is 5.00. The average Bonchev–Trinajstić information content (AvgIpc) is 2.25. The van der Waals surface area contributed by atoms with Crippen LogP contribution in [0.15, 0.2) is 24.3 Å². The van der Waals surface area contributed by atoms with Gasteiger partial charge < -0.3 is 5.32 Å². The molecule has 0 radical (unpaired) electrons. The lowest BCUT2D eigenvalue weighted by Gasteiger charge is -2.19. The van der Waals surface area contributed by atoms with Crippen LogP contribution in [0.1, 0.15) is 36.9 Å². The summed E-state index contributed by atoms with van der Waals surface area (Å²) in [6, 6.07) is 6.71. The first-order chi connectivity index (χ1) is 7.96. The van der Waals surface area contributed by atoms with Gasteiger partial charge in [-0.3, -0.25) is 0 Å². The van der Waals surface area contributed by atoms with Crippen LogP contribution in [-0.4, -0.2) is 13.2 Å². The third-order valence-corrected chi connectivity index (χ3v) is 2.68. The maximum atomic E-state index is 12.4. The van der Waals surface area contributed by atoms with Crippen molar-refractivity contribution in [3.63, 3.8) is 0 Å². The van der Waals surface area contributed by atoms with Gasteiger partial charge in [0.25, 0.3) is 0 Å². The number of alkyl halides is 3. The van der Waals surface area contributed by atoms with E-state index in [1.165, 1.54) is 0 Å². The molecular weight excluding hydrogens is 227 g/mol. The molecule has 96 valence electrons. The Labute approximate surface area is 100 Å². The molecule has 4 heteroatoms. The molecule has 1 aromatic carbocycles. The molecule has 1 rings (SSSR count). The minimum absolute atomic E-state index is 0.660. The van der Waals surface area contributed by atoms with E-state index in [0.717, 1.165) is 18.4 Å². The molecule has 1 aromatic rings. The topological polar surface area (TPSA) is 12.0 Å². The van der Waals surface area contributed by atoms with Crippen molar-refractivity contribution in [1.82, 2.24) is 5.32 Å². The largest absolute Gasteiger partial charge is 0.390 e. The fourth-order valence-electron chi connectivity index (χ4n) is 1.87. The number of aryl methyl sites for hydroxylation is 1. The smallest absolute Gasteiger partial charge is 0.313 e. The molecule has 0 spiro atoms. The summed E-state index contributed by atoms with van der Waals surface area (Å²) in [4.78, 5) is 0. The van der Waals surface area contributed by atoms with Crippen molar-refractivity contribution in [1.29, 1.82) is 0 Å². The van der Waals surface area contributed by atoms with Crippen molar-refractivity contribution < 1.29 is 13.2 Å². The first-order valence-electron chi connectivity index (χ1n) is 5.79. The summed E-state index contributed by atoms with van der Waals surface area (Å²) in [5.74, 6) is 0. The highest BCUT2D eigenvalue weighted by Crippen LogP contribution is 2.29. The third-order valence-electron chi connectivity index (χ3n) is 2.68. The monoisotopic (exact) mass is 245 g/mol. The van der Waals surface area contributed by atoms with E-state index in [4.69, 9.17) is 0 Å². The standard InChI is InChI=1S/C13H18F3N/c1-3-5-10-6-4-7-11(8-10)12(17-2)9-13(14,15)16/h4,6-8,12,17H,3,5,9H2,1-2H3. The zero-order valence-corrected chi connectivity index (χ0v) is 10.1. The predicted molar refractivity (Wildman–Crippen MR) is 62.9 cm³/mol. The van der Waals surface area contributed by atoms with Crippen LogP contribution in [0.2, 0.25) is 0 Å². The Balaban J connectivity index is 2.84. The molecule has 17 heavy (non-hydrogen) atoms. The second kappa shape index (κ2) is 6.05. The van der Waals surface area contributed by atoms with Gasteiger partial charge >= 0.3 is 6.18 Å². The predicted octanol–water partition coefficient (Wildman–Crippen LogP) is 3.85. The molecule has 1 nitrogen and oxygen atoms in total. The van der Waals surface area contributed by atoms with Crippen LogP contribution in [0.25, 0.3) is 0 Å². The molecule has 0 aliphatic rings. The van der Waals surface area contributed by atoms with Crippen LogP contribution >= 0.6 is 0 Å². The van der Waals surface area contributed by atoms with E-state index < -0.39 is 18.6 Å². The summed E-state index contributed by atoms with van der Waals surface area (Å²) >= 11 is 0. The maximum absolute atomic E-state index is 12.4. The molecule has 1 N–H and O–H groups in total. The Bertz CT molecular complexity index is 347. The van der Waals surface area contributed by atoms with Crippen LogP contribution in [0.5, 0.6) is 0 Å². The lowest BCUT2D eigenvalue weighted by molar-refractivity contribution is -0.140. The summed E-state index contributed by atoms with van der Waals surface area (Å²) in [7, 11) is 1.56. The van der Waals surface area contributed by atoms with Crippen molar-refractivity contribution in [2.45, 2.75) is 38.4 Å². The van der Waals surface area contributed by atoms with Gasteiger partial charge in [0.2, 0.25) is 0 Å². The summed E-state index contributed by atoms with van der Waals surface area (Å²) in [5, 5.41) is 2.72. The minimum Gasteiger partial charge on any atom is -0.313 e. The lowest BCUT2D eigenvalue weighted by atomic mass is 9.99. The van der Waals surface area contributed by atoms with Crippen molar-refractivity contribution in [2.75, 3.05) is 7.05 Å². The molecule has 0 heterocycles. The molecule has 1 unspecified atom stereocenters. The molecular formula is C13H18F3N. The Morgan fingerprint density at radius 3 is 2.53 bits per heavy atom. The minimum atomic E-state index is -4.14. The van der Waals surface area contributed by atoms with Gasteiger partial charge in [-0.25, -0.2) is 0 Å². The molecule has 1 atom stereocenters. The third kappa shape index (κ3) is 4.77. The molecule has 0 saturated heterocycles. The van der Waals surface area contributed by atoms with Crippen LogP contribution < -0.4 is 5.32 Å². The van der Waals surface area contributed by atoms with E-state index in [0.29, 0.717) is 5.56 Å². The molecule has 0 bridgehead atoms. The summed E-state index contributed by atoms with van der Waals surface area (Å²) in [6.07, 6.45) is -3.09. The Morgan fingerprint density at radius 1 is 1.29 bits per heavy atom. The molecule has 0 fully saturated rings. The highest BCUT2D eigenvalue weighted by Gasteiger charge is 2.31. The molecule has 0 amide bonds. The fraction of sp³-hybridized carbons (Fsp3) is 0.538. The van der Waals surface area contributed by atoms with Gasteiger partial charge in [-0.2, -0.15) is 13.2 Å². The number of rotatable bonds is 5. The van der Waals surface area contributed by atoms with Gasteiger partial charge in [0.05, 0.1) is 6.42 Å². The number of benzene rings is 1. The number of halogens is 3. The van der Waals surface area contributed by atoms with Crippen LogP contribution in [0.3, 0.4) is 0 Å². The van der Waals surface area contributed by atoms with Crippen LogP contribution in [0.4, 0.5) is 13.2 Å². The van der Waals surface area contributed by atoms with Gasteiger partial charge in [-0.15, -0.1) is 0 Å². The van der Waals surface area contributed by atoms with Gasteiger partial charge in [-0.05, 0) is 24.6 Å². The first kappa shape index (κ1) is 14.0. The van der Waals surface area contributed by atoms with Gasteiger partial charge in [-0.1, -0.05) is 37.6 Å². The average molecular weight is 245 g/mol. The van der Waals surface area contributed by atoms with E-state index in [1.54, 1.807) is 13.1 Å². The highest BCUT2D eigenvalue weighted by atomic mass is 19.4. The summed E-state index contributed by atoms with van der Waals surface area (Å²) in [5.41, 5.74) is 1.79. The van der Waals surface area contributed by atoms with Crippen molar-refractivity contribution in [3.05, 3.63) is 35.4 Å². The van der Waals surface area contributed by atoms with E-state index in [-0.39, 0.29) is 0 Å². The van der Waals surface area contributed by atoms with E-state index in [9.17, 15) is 13.2 Å². The van der Waals surface area contributed by atoms with Gasteiger partial charge in [0.1, 0.15) is 0 Å². The van der Waals surface area contributed by atoms with Gasteiger partial charge in [0.15, 0.2) is 0 Å². The van der Waals surface area contributed by atoms with Crippen LogP contribution in [-0.2, 0) is 6.42 Å². The zero-order valence-electron chi connectivity index (χ0n) is 10.1. The molecule has 0 aliphatic carbocycles.